The SMILES string of the molecule is O=C(O)c1cc2c(nc1NCC1CCCC1O)CCC2. The van der Waals surface area contributed by atoms with Crippen LogP contribution in [0.15, 0.2) is 6.07 Å². The minimum absolute atomic E-state index is 0.201. The zero-order chi connectivity index (χ0) is 14.1. The van der Waals surface area contributed by atoms with Crippen LogP contribution in [0.3, 0.4) is 0 Å². The van der Waals surface area contributed by atoms with E-state index in [9.17, 15) is 15.0 Å². The van der Waals surface area contributed by atoms with E-state index in [1.54, 1.807) is 6.07 Å². The summed E-state index contributed by atoms with van der Waals surface area (Å²) in [6, 6.07) is 1.76. The molecule has 1 aromatic heterocycles. The first-order chi connectivity index (χ1) is 9.65. The van der Waals surface area contributed by atoms with E-state index < -0.39 is 5.97 Å². The maximum Gasteiger partial charge on any atom is 0.339 e. The van der Waals surface area contributed by atoms with Crippen molar-refractivity contribution in [1.29, 1.82) is 0 Å². The van der Waals surface area contributed by atoms with E-state index in [-0.39, 0.29) is 17.6 Å². The summed E-state index contributed by atoms with van der Waals surface area (Å²) in [5.41, 5.74) is 2.33. The molecule has 1 fully saturated rings. The molecule has 1 aromatic rings. The Labute approximate surface area is 118 Å². The van der Waals surface area contributed by atoms with Gasteiger partial charge in [0.2, 0.25) is 0 Å². The highest BCUT2D eigenvalue weighted by atomic mass is 16.4. The van der Waals surface area contributed by atoms with Gasteiger partial charge >= 0.3 is 5.97 Å². The van der Waals surface area contributed by atoms with Gasteiger partial charge in [0.05, 0.1) is 6.10 Å². The fraction of sp³-hybridized carbons (Fsp3) is 0.600. The van der Waals surface area contributed by atoms with Crippen molar-refractivity contribution in [3.8, 4) is 0 Å². The normalized spacial score (nSPS) is 24.6. The van der Waals surface area contributed by atoms with Crippen molar-refractivity contribution in [2.75, 3.05) is 11.9 Å². The molecule has 5 nitrogen and oxygen atoms in total. The number of carboxylic acid groups (broad SMARTS) is 1. The highest BCUT2D eigenvalue weighted by molar-refractivity contribution is 5.93. The van der Waals surface area contributed by atoms with Gasteiger partial charge in [-0.05, 0) is 43.7 Å². The molecule has 0 aromatic carbocycles. The smallest absolute Gasteiger partial charge is 0.339 e. The maximum atomic E-state index is 11.4. The number of hydrogen-bond acceptors (Lipinski definition) is 4. The van der Waals surface area contributed by atoms with Crippen molar-refractivity contribution in [2.45, 2.75) is 44.6 Å². The van der Waals surface area contributed by atoms with Crippen LogP contribution in [-0.2, 0) is 12.8 Å². The predicted octanol–water partition coefficient (Wildman–Crippen LogP) is 1.84. The summed E-state index contributed by atoms with van der Waals surface area (Å²) < 4.78 is 0. The Balaban J connectivity index is 1.79. The van der Waals surface area contributed by atoms with Gasteiger partial charge in [-0.1, -0.05) is 6.42 Å². The summed E-state index contributed by atoms with van der Waals surface area (Å²) >= 11 is 0. The van der Waals surface area contributed by atoms with Crippen LogP contribution < -0.4 is 5.32 Å². The number of nitrogens with one attached hydrogen (secondary N) is 1. The third kappa shape index (κ3) is 2.50. The minimum atomic E-state index is -0.943. The van der Waals surface area contributed by atoms with Crippen LogP contribution in [0.25, 0.3) is 0 Å². The Morgan fingerprint density at radius 3 is 2.90 bits per heavy atom. The fourth-order valence-corrected chi connectivity index (χ4v) is 3.25. The van der Waals surface area contributed by atoms with Crippen LogP contribution in [0.4, 0.5) is 5.82 Å². The molecule has 2 aliphatic rings. The molecule has 0 amide bonds. The van der Waals surface area contributed by atoms with Crippen LogP contribution in [0.5, 0.6) is 0 Å². The summed E-state index contributed by atoms with van der Waals surface area (Å²) in [7, 11) is 0. The molecular formula is C15H20N2O3. The first-order valence-electron chi connectivity index (χ1n) is 7.33. The Bertz CT molecular complexity index is 530. The van der Waals surface area contributed by atoms with Gasteiger partial charge in [0.15, 0.2) is 0 Å². The summed E-state index contributed by atoms with van der Waals surface area (Å²) in [6.45, 7) is 0.591. The number of carboxylic acids is 1. The van der Waals surface area contributed by atoms with Crippen molar-refractivity contribution < 1.29 is 15.0 Å². The van der Waals surface area contributed by atoms with Gasteiger partial charge in [-0.25, -0.2) is 9.78 Å². The molecule has 3 rings (SSSR count). The lowest BCUT2D eigenvalue weighted by atomic mass is 10.1. The van der Waals surface area contributed by atoms with Gasteiger partial charge in [-0.2, -0.15) is 0 Å². The van der Waals surface area contributed by atoms with Crippen molar-refractivity contribution in [1.82, 2.24) is 4.98 Å². The lowest BCUT2D eigenvalue weighted by Crippen LogP contribution is -2.23. The molecule has 108 valence electrons. The second kappa shape index (κ2) is 5.40. The van der Waals surface area contributed by atoms with Gasteiger partial charge in [0, 0.05) is 18.2 Å². The van der Waals surface area contributed by atoms with Crippen LogP contribution in [0.1, 0.15) is 47.3 Å². The lowest BCUT2D eigenvalue weighted by molar-refractivity contribution is 0.0697. The van der Waals surface area contributed by atoms with E-state index in [0.29, 0.717) is 12.4 Å². The number of aromatic carboxylic acids is 1. The Morgan fingerprint density at radius 1 is 1.35 bits per heavy atom. The Kier molecular flexibility index (Phi) is 3.61. The van der Waals surface area contributed by atoms with Gasteiger partial charge in [0.25, 0.3) is 0 Å². The molecule has 0 aliphatic heterocycles. The average Bonchev–Trinajstić information content (AvgIpc) is 3.03. The van der Waals surface area contributed by atoms with Gasteiger partial charge < -0.3 is 15.5 Å². The molecule has 5 heteroatoms. The van der Waals surface area contributed by atoms with Crippen LogP contribution in [-0.4, -0.2) is 33.8 Å². The summed E-state index contributed by atoms with van der Waals surface area (Å²) in [4.78, 5) is 15.8. The molecule has 2 aliphatic carbocycles. The molecule has 0 saturated heterocycles. The number of carbonyl (C=O) groups is 1. The zero-order valence-electron chi connectivity index (χ0n) is 11.4. The quantitative estimate of drug-likeness (QED) is 0.781. The summed E-state index contributed by atoms with van der Waals surface area (Å²) in [5.74, 6) is -0.286. The molecular weight excluding hydrogens is 256 g/mol. The van der Waals surface area contributed by atoms with Crippen molar-refractivity contribution in [3.05, 3.63) is 22.9 Å². The second-order valence-corrected chi connectivity index (χ2v) is 5.79. The van der Waals surface area contributed by atoms with Crippen LogP contribution >= 0.6 is 0 Å². The summed E-state index contributed by atoms with van der Waals surface area (Å²) in [6.07, 6.45) is 5.49. The number of hydrogen-bond donors (Lipinski definition) is 3. The van der Waals surface area contributed by atoms with Gasteiger partial charge in [-0.15, -0.1) is 0 Å². The van der Waals surface area contributed by atoms with E-state index in [4.69, 9.17) is 0 Å². The topological polar surface area (TPSA) is 82.5 Å². The van der Waals surface area contributed by atoms with E-state index in [1.807, 2.05) is 0 Å². The third-order valence-electron chi connectivity index (χ3n) is 4.43. The van der Waals surface area contributed by atoms with Gasteiger partial charge in [-0.3, -0.25) is 0 Å². The van der Waals surface area contributed by atoms with Crippen LogP contribution in [0, 0.1) is 5.92 Å². The standard InChI is InChI=1S/C15H20N2O3/c18-13-6-2-4-10(13)8-16-14-11(15(19)20)7-9-3-1-5-12(9)17-14/h7,10,13,18H,1-6,8H2,(H,16,17)(H,19,20). The van der Waals surface area contributed by atoms with E-state index in [0.717, 1.165) is 49.8 Å². The van der Waals surface area contributed by atoms with Crippen LogP contribution in [0.2, 0.25) is 0 Å². The van der Waals surface area contributed by atoms with Crippen molar-refractivity contribution in [3.63, 3.8) is 0 Å². The number of fused-ring (bicyclic) bond motifs is 1. The minimum Gasteiger partial charge on any atom is -0.478 e. The zero-order valence-corrected chi connectivity index (χ0v) is 11.4. The lowest BCUT2D eigenvalue weighted by Gasteiger charge is -2.17. The number of aliphatic hydroxyl groups is 1. The third-order valence-corrected chi connectivity index (χ3v) is 4.43. The number of pyridine rings is 1. The van der Waals surface area contributed by atoms with E-state index >= 15 is 0 Å². The number of rotatable bonds is 4. The summed E-state index contributed by atoms with van der Waals surface area (Å²) in [5, 5.41) is 22.3. The molecule has 2 unspecified atom stereocenters. The Morgan fingerprint density at radius 2 is 2.20 bits per heavy atom. The number of nitrogens with zero attached hydrogens (tertiary/aromatic N) is 1. The molecule has 0 spiro atoms. The monoisotopic (exact) mass is 276 g/mol. The highest BCUT2D eigenvalue weighted by Gasteiger charge is 2.26. The molecule has 0 radical (unpaired) electrons. The van der Waals surface area contributed by atoms with E-state index in [1.165, 1.54) is 0 Å². The second-order valence-electron chi connectivity index (χ2n) is 5.79. The molecule has 0 bridgehead atoms. The van der Waals surface area contributed by atoms with Gasteiger partial charge in [0.1, 0.15) is 11.4 Å². The molecule has 2 atom stereocenters. The first kappa shape index (κ1) is 13.4. The maximum absolute atomic E-state index is 11.4. The fourth-order valence-electron chi connectivity index (χ4n) is 3.25. The van der Waals surface area contributed by atoms with Crippen molar-refractivity contribution in [2.24, 2.45) is 5.92 Å². The number of aryl methyl sites for hydroxylation is 2. The molecule has 3 N–H and O–H groups in total. The number of anilines is 1. The first-order valence-corrected chi connectivity index (χ1v) is 7.33. The number of aliphatic hydroxyl groups excluding tert-OH is 1. The largest absolute Gasteiger partial charge is 0.478 e. The highest BCUT2D eigenvalue weighted by Crippen LogP contribution is 2.28. The Hall–Kier alpha value is -1.62. The van der Waals surface area contributed by atoms with E-state index in [2.05, 4.69) is 10.3 Å². The molecule has 20 heavy (non-hydrogen) atoms. The van der Waals surface area contributed by atoms with Crippen molar-refractivity contribution >= 4 is 11.8 Å². The average molecular weight is 276 g/mol. The molecule has 1 saturated carbocycles. The predicted molar refractivity (Wildman–Crippen MR) is 75.1 cm³/mol. The molecule has 1 heterocycles. The number of aromatic nitrogens is 1.